The maximum atomic E-state index is 13.9. The molecule has 0 fully saturated rings. The Bertz CT molecular complexity index is 932. The minimum atomic E-state index is -0.615. The summed E-state index contributed by atoms with van der Waals surface area (Å²) in [6.07, 6.45) is 0. The first-order valence-corrected chi connectivity index (χ1v) is 6.65. The quantitative estimate of drug-likeness (QED) is 0.582. The van der Waals surface area contributed by atoms with Gasteiger partial charge in [0.2, 0.25) is 0 Å². The third-order valence-electron chi connectivity index (χ3n) is 3.02. The van der Waals surface area contributed by atoms with Gasteiger partial charge in [0.05, 0.1) is 10.6 Å². The fourth-order valence-corrected chi connectivity index (χ4v) is 3.13. The maximum absolute atomic E-state index is 13.9. The largest absolute Gasteiger partial charge is 0.392 e. The first-order chi connectivity index (χ1) is 10.0. The summed E-state index contributed by atoms with van der Waals surface area (Å²) in [5.74, 6) is -0.596. The van der Waals surface area contributed by atoms with Gasteiger partial charge in [0.1, 0.15) is 16.3 Å². The lowest BCUT2D eigenvalue weighted by Gasteiger charge is -2.07. The zero-order valence-electron chi connectivity index (χ0n) is 10.4. The molecule has 106 valence electrons. The molecule has 6 nitrogen and oxygen atoms in total. The number of nitrogens with two attached hydrogens (primary N) is 1. The van der Waals surface area contributed by atoms with Crippen molar-refractivity contribution >= 4 is 32.2 Å². The Morgan fingerprint density at radius 2 is 1.95 bits per heavy atom. The number of nitrogen functional groups attached to an aromatic ring is 1. The lowest BCUT2D eigenvalue weighted by Crippen LogP contribution is -2.17. The molecule has 0 unspecified atom stereocenters. The van der Waals surface area contributed by atoms with E-state index >= 15 is 0 Å². The van der Waals surface area contributed by atoms with Crippen LogP contribution < -0.4 is 11.3 Å². The highest BCUT2D eigenvalue weighted by Gasteiger charge is 2.22. The third kappa shape index (κ3) is 1.96. The molecule has 0 spiro atoms. The van der Waals surface area contributed by atoms with Crippen LogP contribution in [-0.4, -0.2) is 9.49 Å². The van der Waals surface area contributed by atoms with Gasteiger partial charge < -0.3 is 5.73 Å². The second-order valence-electron chi connectivity index (χ2n) is 4.26. The molecule has 3 rings (SSSR count). The number of thiophene rings is 1. The number of halogens is 1. The number of nitrogens with zero attached hydrogens (tertiary/aromatic N) is 2. The van der Waals surface area contributed by atoms with Crippen molar-refractivity contribution in [3.05, 3.63) is 62.7 Å². The van der Waals surface area contributed by atoms with Crippen LogP contribution in [0.3, 0.4) is 0 Å². The van der Waals surface area contributed by atoms with E-state index in [1.165, 1.54) is 30.3 Å². The van der Waals surface area contributed by atoms with Crippen LogP contribution in [-0.2, 0) is 0 Å². The molecule has 2 N–H and O–H groups in total. The Morgan fingerprint density at radius 3 is 2.62 bits per heavy atom. The molecule has 0 bridgehead atoms. The first-order valence-electron chi connectivity index (χ1n) is 5.84. The number of aromatic nitrogens is 1. The molecule has 1 aromatic carbocycles. The summed E-state index contributed by atoms with van der Waals surface area (Å²) in [6, 6.07) is 8.34. The second-order valence-corrected chi connectivity index (χ2v) is 5.23. The summed E-state index contributed by atoms with van der Waals surface area (Å²) in [4.78, 5) is 22.7. The normalized spacial score (nSPS) is 10.9. The van der Waals surface area contributed by atoms with Gasteiger partial charge in [0.15, 0.2) is 0 Å². The lowest BCUT2D eigenvalue weighted by atomic mass is 10.2. The summed E-state index contributed by atoms with van der Waals surface area (Å²) in [6.45, 7) is 0. The van der Waals surface area contributed by atoms with Gasteiger partial charge >= 0.3 is 5.00 Å². The van der Waals surface area contributed by atoms with Crippen molar-refractivity contribution in [3.63, 3.8) is 0 Å². The molecular weight excluding hydrogens is 297 g/mol. The van der Waals surface area contributed by atoms with Crippen molar-refractivity contribution < 1.29 is 9.31 Å². The number of hydrogen-bond donors (Lipinski definition) is 1. The highest BCUT2D eigenvalue weighted by atomic mass is 32.1. The molecule has 0 aliphatic heterocycles. The minimum Gasteiger partial charge on any atom is -0.392 e. The predicted octanol–water partition coefficient (Wildman–Crippen LogP) is 2.68. The number of para-hydroxylation sites is 1. The highest BCUT2D eigenvalue weighted by Crippen LogP contribution is 2.39. The first kappa shape index (κ1) is 13.3. The molecule has 0 radical (unpaired) electrons. The van der Waals surface area contributed by atoms with Crippen LogP contribution in [0.5, 0.6) is 0 Å². The van der Waals surface area contributed by atoms with E-state index < -0.39 is 16.3 Å². The van der Waals surface area contributed by atoms with Crippen LogP contribution in [0.2, 0.25) is 0 Å². The van der Waals surface area contributed by atoms with Gasteiger partial charge in [-0.1, -0.05) is 12.1 Å². The topological polar surface area (TPSA) is 91.2 Å². The molecule has 21 heavy (non-hydrogen) atoms. The van der Waals surface area contributed by atoms with Crippen molar-refractivity contribution in [2.45, 2.75) is 0 Å². The number of benzene rings is 1. The van der Waals surface area contributed by atoms with Gasteiger partial charge in [-0.05, 0) is 29.5 Å². The Morgan fingerprint density at radius 1 is 1.24 bits per heavy atom. The van der Waals surface area contributed by atoms with Gasteiger partial charge in [0.25, 0.3) is 5.56 Å². The Labute approximate surface area is 121 Å². The summed E-state index contributed by atoms with van der Waals surface area (Å²) in [5.41, 5.74) is 5.26. The number of hydrogen-bond acceptors (Lipinski definition) is 5. The van der Waals surface area contributed by atoms with Gasteiger partial charge in [-0.25, -0.2) is 4.39 Å². The van der Waals surface area contributed by atoms with Gasteiger partial charge in [-0.2, -0.15) is 0 Å². The fraction of sp³-hybridized carbons (Fsp3) is 0. The van der Waals surface area contributed by atoms with Crippen molar-refractivity contribution in [2.24, 2.45) is 0 Å². The molecule has 0 aliphatic rings. The Balaban J connectivity index is 2.45. The van der Waals surface area contributed by atoms with E-state index in [-0.39, 0.29) is 21.2 Å². The van der Waals surface area contributed by atoms with Crippen LogP contribution in [0, 0.1) is 15.9 Å². The van der Waals surface area contributed by atoms with Crippen LogP contribution in [0.4, 0.5) is 15.1 Å². The lowest BCUT2D eigenvalue weighted by molar-refractivity contribution is -0.379. The van der Waals surface area contributed by atoms with E-state index in [9.17, 15) is 19.3 Å². The van der Waals surface area contributed by atoms with E-state index in [0.29, 0.717) is 5.39 Å². The summed E-state index contributed by atoms with van der Waals surface area (Å²) in [7, 11) is 0. The van der Waals surface area contributed by atoms with E-state index in [4.69, 9.17) is 5.73 Å². The minimum absolute atomic E-state index is 0.0231. The molecular formula is C13H8FN3O3S. The number of anilines is 1. The Hall–Kier alpha value is -2.74. The standard InChI is InChI=1S/C13H8FN3O3S/c14-8-3-1-2-4-9(8)16-10(18)6-5-7-11(15)13(17(19)20)21-12(7)16/h1-6H,15H2. The fourth-order valence-electron chi connectivity index (χ4n) is 2.09. The third-order valence-corrected chi connectivity index (χ3v) is 4.18. The average Bonchev–Trinajstić information content (AvgIpc) is 2.78. The smallest absolute Gasteiger partial charge is 0.349 e. The number of pyridine rings is 1. The summed E-state index contributed by atoms with van der Waals surface area (Å²) in [5, 5.41) is 11.1. The molecule has 0 aliphatic carbocycles. The van der Waals surface area contributed by atoms with Crippen LogP contribution in [0.15, 0.2) is 41.2 Å². The van der Waals surface area contributed by atoms with Gasteiger partial charge in [-0.15, -0.1) is 0 Å². The van der Waals surface area contributed by atoms with Crippen molar-refractivity contribution in [2.75, 3.05) is 5.73 Å². The van der Waals surface area contributed by atoms with Crippen molar-refractivity contribution in [1.82, 2.24) is 4.57 Å². The zero-order chi connectivity index (χ0) is 15.1. The second kappa shape index (κ2) is 4.67. The van der Waals surface area contributed by atoms with Crippen LogP contribution in [0.25, 0.3) is 15.9 Å². The molecule has 3 aromatic rings. The monoisotopic (exact) mass is 305 g/mol. The highest BCUT2D eigenvalue weighted by molar-refractivity contribution is 7.22. The van der Waals surface area contributed by atoms with E-state index in [1.807, 2.05) is 0 Å². The van der Waals surface area contributed by atoms with Crippen molar-refractivity contribution in [3.8, 4) is 5.69 Å². The predicted molar refractivity (Wildman–Crippen MR) is 78.4 cm³/mol. The van der Waals surface area contributed by atoms with Gasteiger partial charge in [-0.3, -0.25) is 19.5 Å². The number of rotatable bonds is 2. The zero-order valence-corrected chi connectivity index (χ0v) is 11.3. The van der Waals surface area contributed by atoms with Crippen molar-refractivity contribution in [1.29, 1.82) is 0 Å². The van der Waals surface area contributed by atoms with E-state index in [0.717, 1.165) is 15.9 Å². The Kier molecular flexibility index (Phi) is 2.95. The van der Waals surface area contributed by atoms with Gasteiger partial charge in [0, 0.05) is 11.5 Å². The van der Waals surface area contributed by atoms with Crippen LogP contribution >= 0.6 is 11.3 Å². The maximum Gasteiger partial charge on any atom is 0.349 e. The SMILES string of the molecule is Nc1c([N+](=O)[O-])sc2c1ccc(=O)n2-c1ccccc1F. The van der Waals surface area contributed by atoms with E-state index in [1.54, 1.807) is 6.07 Å². The molecule has 0 atom stereocenters. The molecule has 8 heteroatoms. The average molecular weight is 305 g/mol. The molecule has 0 amide bonds. The summed E-state index contributed by atoms with van der Waals surface area (Å²) < 4.78 is 15.0. The van der Waals surface area contributed by atoms with Crippen LogP contribution in [0.1, 0.15) is 0 Å². The molecule has 0 saturated heterocycles. The molecule has 2 heterocycles. The van der Waals surface area contributed by atoms with E-state index in [2.05, 4.69) is 0 Å². The molecule has 0 saturated carbocycles. The number of nitro groups is 1. The molecule has 2 aromatic heterocycles. The number of fused-ring (bicyclic) bond motifs is 1. The summed E-state index contributed by atoms with van der Waals surface area (Å²) >= 11 is 0.749.